The summed E-state index contributed by atoms with van der Waals surface area (Å²) in [7, 11) is -3.61. The molecule has 2 aromatic rings. The molecule has 1 amide bonds. The number of hydrogen-bond acceptors (Lipinski definition) is 4. The molecule has 0 bridgehead atoms. The maximum Gasteiger partial charge on any atom is 0.416 e. The van der Waals surface area contributed by atoms with Gasteiger partial charge < -0.3 is 10.1 Å². The zero-order valence-electron chi connectivity index (χ0n) is 18.5. The number of carbonyl (C=O) groups excluding carboxylic acids is 1. The molecule has 0 aromatic heterocycles. The van der Waals surface area contributed by atoms with E-state index in [1.165, 1.54) is 16.4 Å². The molecule has 3 rings (SSSR count). The van der Waals surface area contributed by atoms with Crippen LogP contribution in [0.5, 0.6) is 5.75 Å². The molecule has 180 valence electrons. The van der Waals surface area contributed by atoms with Crippen LogP contribution in [0.4, 0.5) is 13.2 Å². The highest BCUT2D eigenvalue weighted by atomic mass is 32.2. The molecule has 0 atom stereocenters. The lowest BCUT2D eigenvalue weighted by atomic mass is 9.97. The van der Waals surface area contributed by atoms with E-state index in [-0.39, 0.29) is 48.7 Å². The van der Waals surface area contributed by atoms with E-state index in [0.717, 1.165) is 23.3 Å². The summed E-state index contributed by atoms with van der Waals surface area (Å²) in [5.41, 5.74) is 1.12. The van der Waals surface area contributed by atoms with Crippen molar-refractivity contribution >= 4 is 15.9 Å². The van der Waals surface area contributed by atoms with E-state index in [1.807, 2.05) is 13.8 Å². The maximum atomic E-state index is 12.9. The Kier molecular flexibility index (Phi) is 7.69. The third kappa shape index (κ3) is 6.26. The predicted octanol–water partition coefficient (Wildman–Crippen LogP) is 3.92. The van der Waals surface area contributed by atoms with Gasteiger partial charge in [-0.15, -0.1) is 0 Å². The molecular formula is C23H27F3N2O4S. The van der Waals surface area contributed by atoms with E-state index < -0.39 is 21.8 Å². The van der Waals surface area contributed by atoms with Crippen molar-refractivity contribution in [2.45, 2.75) is 37.8 Å². The predicted molar refractivity (Wildman–Crippen MR) is 117 cm³/mol. The van der Waals surface area contributed by atoms with Gasteiger partial charge in [0.25, 0.3) is 0 Å². The van der Waals surface area contributed by atoms with Gasteiger partial charge in [-0.2, -0.15) is 17.5 Å². The van der Waals surface area contributed by atoms with Crippen LogP contribution in [0, 0.1) is 19.8 Å². The molecule has 0 radical (unpaired) electrons. The minimum Gasteiger partial charge on any atom is -0.492 e. The zero-order valence-corrected chi connectivity index (χ0v) is 19.3. The van der Waals surface area contributed by atoms with Crippen LogP contribution in [-0.4, -0.2) is 44.9 Å². The number of carbonyl (C=O) groups is 1. The average molecular weight is 485 g/mol. The molecule has 1 fully saturated rings. The standard InChI is InChI=1S/C23H27F3N2O4S/c1-16-6-7-21(14-17(16)2)33(30,31)28-11-8-18(9-12-28)22(29)27-10-13-32-20-5-3-4-19(15-20)23(24,25)26/h3-7,14-15,18H,8-13H2,1-2H3,(H,27,29). The molecule has 1 heterocycles. The molecule has 0 aliphatic carbocycles. The maximum absolute atomic E-state index is 12.9. The van der Waals surface area contributed by atoms with Crippen molar-refractivity contribution in [2.75, 3.05) is 26.2 Å². The van der Waals surface area contributed by atoms with E-state index >= 15 is 0 Å². The van der Waals surface area contributed by atoms with E-state index in [2.05, 4.69) is 5.32 Å². The summed E-state index contributed by atoms with van der Waals surface area (Å²) < 4.78 is 70.7. The Bertz CT molecular complexity index is 1100. The van der Waals surface area contributed by atoms with Gasteiger partial charge in [0.1, 0.15) is 12.4 Å². The molecular weight excluding hydrogens is 457 g/mol. The first-order valence-electron chi connectivity index (χ1n) is 10.6. The Morgan fingerprint density at radius 3 is 2.42 bits per heavy atom. The fourth-order valence-electron chi connectivity index (χ4n) is 3.63. The van der Waals surface area contributed by atoms with Gasteiger partial charge in [0.2, 0.25) is 15.9 Å². The Balaban J connectivity index is 1.45. The van der Waals surface area contributed by atoms with Crippen LogP contribution in [-0.2, 0) is 21.0 Å². The van der Waals surface area contributed by atoms with E-state index in [1.54, 1.807) is 18.2 Å². The van der Waals surface area contributed by atoms with Crippen LogP contribution in [0.1, 0.15) is 29.5 Å². The second-order valence-corrected chi connectivity index (χ2v) is 10.0. The summed E-state index contributed by atoms with van der Waals surface area (Å²) in [4.78, 5) is 12.7. The first kappa shape index (κ1) is 25.0. The molecule has 0 spiro atoms. The van der Waals surface area contributed by atoms with Crippen LogP contribution in [0.2, 0.25) is 0 Å². The molecule has 10 heteroatoms. The van der Waals surface area contributed by atoms with Gasteiger partial charge in [-0.25, -0.2) is 8.42 Å². The van der Waals surface area contributed by atoms with Crippen molar-refractivity contribution in [1.29, 1.82) is 0 Å². The Morgan fingerprint density at radius 2 is 1.79 bits per heavy atom. The van der Waals surface area contributed by atoms with Crippen LogP contribution in [0.3, 0.4) is 0 Å². The molecule has 1 aliphatic heterocycles. The zero-order chi connectivity index (χ0) is 24.2. The summed E-state index contributed by atoms with van der Waals surface area (Å²) in [5, 5.41) is 2.71. The van der Waals surface area contributed by atoms with Crippen LogP contribution < -0.4 is 10.1 Å². The first-order chi connectivity index (χ1) is 15.5. The second-order valence-electron chi connectivity index (χ2n) is 8.09. The molecule has 1 aliphatic rings. The number of ether oxygens (including phenoxy) is 1. The highest BCUT2D eigenvalue weighted by molar-refractivity contribution is 7.89. The van der Waals surface area contributed by atoms with Crippen LogP contribution in [0.15, 0.2) is 47.4 Å². The number of piperidine rings is 1. The summed E-state index contributed by atoms with van der Waals surface area (Å²) in [6, 6.07) is 9.59. The van der Waals surface area contributed by atoms with Crippen molar-refractivity contribution < 1.29 is 31.1 Å². The van der Waals surface area contributed by atoms with Gasteiger partial charge in [0.15, 0.2) is 0 Å². The summed E-state index contributed by atoms with van der Waals surface area (Å²) in [6.45, 7) is 4.42. The van der Waals surface area contributed by atoms with E-state index in [0.29, 0.717) is 12.8 Å². The van der Waals surface area contributed by atoms with Gasteiger partial charge in [-0.1, -0.05) is 12.1 Å². The summed E-state index contributed by atoms with van der Waals surface area (Å²) >= 11 is 0. The summed E-state index contributed by atoms with van der Waals surface area (Å²) in [5.74, 6) is -0.473. The minimum absolute atomic E-state index is 0.0209. The Morgan fingerprint density at radius 1 is 1.09 bits per heavy atom. The van der Waals surface area contributed by atoms with Gasteiger partial charge in [0.05, 0.1) is 17.0 Å². The quantitative estimate of drug-likeness (QED) is 0.605. The van der Waals surface area contributed by atoms with Gasteiger partial charge in [-0.05, 0) is 68.1 Å². The van der Waals surface area contributed by atoms with Gasteiger partial charge in [0, 0.05) is 19.0 Å². The van der Waals surface area contributed by atoms with Crippen molar-refractivity contribution in [1.82, 2.24) is 9.62 Å². The summed E-state index contributed by atoms with van der Waals surface area (Å²) in [6.07, 6.45) is -3.66. The Labute approximate surface area is 191 Å². The third-order valence-electron chi connectivity index (χ3n) is 5.77. The van der Waals surface area contributed by atoms with Crippen molar-refractivity contribution in [3.8, 4) is 5.75 Å². The normalized spacial score (nSPS) is 15.9. The number of nitrogens with zero attached hydrogens (tertiary/aromatic N) is 1. The number of halogens is 3. The number of nitrogens with one attached hydrogen (secondary N) is 1. The van der Waals surface area contributed by atoms with Gasteiger partial charge in [-0.3, -0.25) is 4.79 Å². The lowest BCUT2D eigenvalue weighted by molar-refractivity contribution is -0.137. The Hall–Kier alpha value is -2.59. The van der Waals surface area contributed by atoms with Crippen LogP contribution in [0.25, 0.3) is 0 Å². The largest absolute Gasteiger partial charge is 0.492 e. The number of amides is 1. The number of sulfonamides is 1. The van der Waals surface area contributed by atoms with E-state index in [9.17, 15) is 26.4 Å². The SMILES string of the molecule is Cc1ccc(S(=O)(=O)N2CCC(C(=O)NCCOc3cccc(C(F)(F)F)c3)CC2)cc1C. The lowest BCUT2D eigenvalue weighted by Crippen LogP contribution is -2.43. The van der Waals surface area contributed by atoms with E-state index in [4.69, 9.17) is 4.74 Å². The molecule has 1 saturated heterocycles. The molecule has 0 saturated carbocycles. The topological polar surface area (TPSA) is 75.7 Å². The van der Waals surface area contributed by atoms with Crippen molar-refractivity contribution in [3.05, 3.63) is 59.2 Å². The van der Waals surface area contributed by atoms with Crippen molar-refractivity contribution in [3.63, 3.8) is 0 Å². The molecule has 1 N–H and O–H groups in total. The number of rotatable bonds is 7. The fourth-order valence-corrected chi connectivity index (χ4v) is 5.19. The molecule has 2 aromatic carbocycles. The third-order valence-corrected chi connectivity index (χ3v) is 7.67. The van der Waals surface area contributed by atoms with Crippen molar-refractivity contribution in [2.24, 2.45) is 5.92 Å². The first-order valence-corrected chi connectivity index (χ1v) is 12.1. The fraction of sp³-hybridized carbons (Fsp3) is 0.435. The number of alkyl halides is 3. The number of benzene rings is 2. The monoisotopic (exact) mass is 484 g/mol. The highest BCUT2D eigenvalue weighted by Gasteiger charge is 2.32. The number of aryl methyl sites for hydroxylation is 2. The molecule has 6 nitrogen and oxygen atoms in total. The highest BCUT2D eigenvalue weighted by Crippen LogP contribution is 2.31. The lowest BCUT2D eigenvalue weighted by Gasteiger charge is -2.30. The minimum atomic E-state index is -4.45. The molecule has 33 heavy (non-hydrogen) atoms. The van der Waals surface area contributed by atoms with Gasteiger partial charge >= 0.3 is 6.18 Å². The number of hydrogen-bond donors (Lipinski definition) is 1. The van der Waals surface area contributed by atoms with Crippen LogP contribution >= 0.6 is 0 Å². The smallest absolute Gasteiger partial charge is 0.416 e. The molecule has 0 unspecified atom stereocenters. The second kappa shape index (κ2) is 10.1. The average Bonchev–Trinajstić information content (AvgIpc) is 2.78.